The Kier molecular flexibility index (Phi) is 19.7. The summed E-state index contributed by atoms with van der Waals surface area (Å²) in [4.78, 5) is 113. The molecule has 6 atom stereocenters. The van der Waals surface area contributed by atoms with Crippen LogP contribution in [-0.2, 0) is 46.7 Å². The highest BCUT2D eigenvalue weighted by Gasteiger charge is 2.46. The van der Waals surface area contributed by atoms with Crippen molar-refractivity contribution in [2.45, 2.75) is 117 Å². The van der Waals surface area contributed by atoms with Crippen LogP contribution < -0.4 is 27.0 Å². The van der Waals surface area contributed by atoms with Gasteiger partial charge >= 0.3 is 12.1 Å². The van der Waals surface area contributed by atoms with Crippen LogP contribution in [-0.4, -0.2) is 133 Å². The number of rotatable bonds is 22. The predicted octanol–water partition coefficient (Wildman–Crippen LogP) is 5.64. The highest BCUT2D eigenvalue weighted by molar-refractivity contribution is 6.16. The molecule has 0 bridgehead atoms. The number of carbonyl (C=O) groups excluding carboxylic acids is 8. The zero-order valence-electron chi connectivity index (χ0n) is 45.7. The van der Waals surface area contributed by atoms with Gasteiger partial charge in [0.2, 0.25) is 17.7 Å². The van der Waals surface area contributed by atoms with Gasteiger partial charge in [0, 0.05) is 61.7 Å². The molecule has 24 heteroatoms. The van der Waals surface area contributed by atoms with Crippen molar-refractivity contribution >= 4 is 53.3 Å². The van der Waals surface area contributed by atoms with E-state index < -0.39 is 125 Å². The molecule has 0 saturated carbocycles. The summed E-state index contributed by atoms with van der Waals surface area (Å²) >= 11 is 0. The quantitative estimate of drug-likeness (QED) is 0.0319. The summed E-state index contributed by atoms with van der Waals surface area (Å²) in [5.41, 5.74) is 3.62. The van der Waals surface area contributed by atoms with E-state index in [1.807, 2.05) is 0 Å². The number of amides is 9. The highest BCUT2D eigenvalue weighted by atomic mass is 19.1. The number of hydrogen-bond donors (Lipinski definition) is 6. The number of nitrogens with one attached hydrogen (secondary N) is 4. The Hall–Kier alpha value is -8.15. The summed E-state index contributed by atoms with van der Waals surface area (Å²) in [5, 5.41) is 21.2. The van der Waals surface area contributed by atoms with Crippen LogP contribution in [0.25, 0.3) is 11.3 Å². The third kappa shape index (κ3) is 15.1. The zero-order valence-corrected chi connectivity index (χ0v) is 45.7. The number of aliphatic hydroxyl groups excluding tert-OH is 1. The summed E-state index contributed by atoms with van der Waals surface area (Å²) in [5.74, 6) is -7.84. The molecule has 4 aromatic rings. The lowest BCUT2D eigenvalue weighted by Gasteiger charge is -2.41. The number of imide groups is 1. The second-order valence-corrected chi connectivity index (χ2v) is 21.8. The number of aliphatic hydroxyl groups is 1. The second kappa shape index (κ2) is 25.8. The van der Waals surface area contributed by atoms with Crippen LogP contribution in [0.15, 0.2) is 85.1 Å². The van der Waals surface area contributed by atoms with Gasteiger partial charge in [-0.1, -0.05) is 58.9 Å². The number of urea groups is 1. The lowest BCUT2D eigenvalue weighted by atomic mass is 9.84. The van der Waals surface area contributed by atoms with Crippen molar-refractivity contribution in [1.82, 2.24) is 40.2 Å². The Morgan fingerprint density at radius 2 is 1.52 bits per heavy atom. The topological polar surface area (TPSA) is 268 Å². The van der Waals surface area contributed by atoms with E-state index in [-0.39, 0.29) is 68.4 Å². The summed E-state index contributed by atoms with van der Waals surface area (Å²) in [6.45, 7) is 11.4. The molecule has 9 amide bonds. The van der Waals surface area contributed by atoms with E-state index in [9.17, 15) is 52.2 Å². The van der Waals surface area contributed by atoms with Gasteiger partial charge in [-0.25, -0.2) is 32.1 Å². The van der Waals surface area contributed by atoms with E-state index in [1.54, 1.807) is 57.4 Å². The molecule has 7 N–H and O–H groups in total. The van der Waals surface area contributed by atoms with Gasteiger partial charge in [0.05, 0.1) is 18.3 Å². The van der Waals surface area contributed by atoms with E-state index in [2.05, 4.69) is 21.3 Å². The maximum atomic E-state index is 16.2. The molecule has 6 rings (SSSR count). The van der Waals surface area contributed by atoms with Crippen LogP contribution >= 0.6 is 0 Å². The number of ether oxygens (including phenoxy) is 1. The number of nitrogens with zero attached hydrogens (tertiary/aromatic N) is 5. The van der Waals surface area contributed by atoms with Crippen molar-refractivity contribution in [2.75, 3.05) is 31.5 Å². The number of anilines is 1. The Morgan fingerprint density at radius 3 is 2.14 bits per heavy atom. The molecule has 1 saturated heterocycles. The van der Waals surface area contributed by atoms with Crippen molar-refractivity contribution in [3.05, 3.63) is 119 Å². The fourth-order valence-electron chi connectivity index (χ4n) is 9.50. The minimum atomic E-state index is -1.68. The molecule has 20 nitrogen and oxygen atoms in total. The Morgan fingerprint density at radius 1 is 0.863 bits per heavy atom. The van der Waals surface area contributed by atoms with Crippen LogP contribution in [0.4, 0.5) is 32.8 Å². The molecular weight excluding hydrogens is 1050 g/mol. The molecular formula is C56H68F4N10O10. The van der Waals surface area contributed by atoms with Gasteiger partial charge in [0.25, 0.3) is 17.7 Å². The molecule has 1 aromatic heterocycles. The standard InChI is InChI=1S/C56H68F4N10O10/c1-31(2)46(66-52(77)56(7,8)70-44(72)20-21-45(70)73)50(75)65-42(13-10-22-62-53(61)78)49(74)63-38-17-14-33(15-18-38)30-80-54(79)68-26-35(41(60)28-68)27-69(51(76)32(3)71)47(55(4,5)6)48-64-43(39-24-37(58)16-19-40(39)59)29-67(48)25-34-11-9-12-36(57)23-34/h9,11-12,14-21,23-24,29,31-32,35,41-42,46-47,71H,10,13,22,25-28,30H2,1-8H3,(H,63,74)(H,65,75)(H,66,77)(H3,61,62,78)/t32-,35-,41-,42-,46?,47-/m0/s1. The van der Waals surface area contributed by atoms with Gasteiger partial charge in [0.1, 0.15) is 59.8 Å². The number of imidazole rings is 1. The van der Waals surface area contributed by atoms with E-state index in [0.29, 0.717) is 11.1 Å². The average Bonchev–Trinajstić information content (AvgIpc) is 4.10. The minimum absolute atomic E-state index is 0.00176. The number of carbonyl (C=O) groups is 8. The molecule has 0 spiro atoms. The zero-order chi connectivity index (χ0) is 59.0. The lowest BCUT2D eigenvalue weighted by molar-refractivity contribution is -0.151. The summed E-state index contributed by atoms with van der Waals surface area (Å²) < 4.78 is 67.6. The molecule has 1 fully saturated rings. The lowest BCUT2D eigenvalue weighted by Crippen LogP contribution is -2.62. The number of hydrogen-bond acceptors (Lipinski definition) is 11. The molecule has 0 aliphatic carbocycles. The largest absolute Gasteiger partial charge is 0.445 e. The number of aromatic nitrogens is 2. The second-order valence-electron chi connectivity index (χ2n) is 21.8. The van der Waals surface area contributed by atoms with E-state index in [4.69, 9.17) is 15.5 Å². The number of benzene rings is 3. The molecule has 430 valence electrons. The third-order valence-corrected chi connectivity index (χ3v) is 13.7. The molecule has 1 unspecified atom stereocenters. The predicted molar refractivity (Wildman–Crippen MR) is 284 cm³/mol. The first kappa shape index (κ1) is 61.1. The van der Waals surface area contributed by atoms with Crippen LogP contribution in [0.2, 0.25) is 0 Å². The van der Waals surface area contributed by atoms with Gasteiger partial charge in [0.15, 0.2) is 0 Å². The number of alkyl halides is 1. The third-order valence-electron chi connectivity index (χ3n) is 13.7. The summed E-state index contributed by atoms with van der Waals surface area (Å²) in [6.07, 6.45) is -0.423. The first-order valence-corrected chi connectivity index (χ1v) is 26.0. The molecule has 3 heterocycles. The van der Waals surface area contributed by atoms with Crippen molar-refractivity contribution in [2.24, 2.45) is 23.0 Å². The van der Waals surface area contributed by atoms with Crippen molar-refractivity contribution in [3.63, 3.8) is 0 Å². The Balaban J connectivity index is 1.13. The van der Waals surface area contributed by atoms with Crippen LogP contribution in [0.1, 0.15) is 91.2 Å². The van der Waals surface area contributed by atoms with Gasteiger partial charge in [-0.3, -0.25) is 33.7 Å². The molecule has 2 aliphatic rings. The van der Waals surface area contributed by atoms with Gasteiger partial charge < -0.3 is 51.2 Å². The van der Waals surface area contributed by atoms with Crippen molar-refractivity contribution in [3.8, 4) is 11.3 Å². The number of nitrogens with two attached hydrogens (primary N) is 1. The summed E-state index contributed by atoms with van der Waals surface area (Å²) in [7, 11) is 0. The van der Waals surface area contributed by atoms with E-state index in [0.717, 1.165) is 40.2 Å². The number of likely N-dealkylation sites (tertiary alicyclic amines) is 1. The van der Waals surface area contributed by atoms with Crippen LogP contribution in [0.5, 0.6) is 0 Å². The maximum absolute atomic E-state index is 16.2. The fourth-order valence-corrected chi connectivity index (χ4v) is 9.50. The Labute approximate surface area is 460 Å². The fraction of sp³-hybridized carbons (Fsp3) is 0.446. The molecule has 3 aromatic carbocycles. The normalized spacial score (nSPS) is 17.0. The SMILES string of the molecule is CC(C)C(NC(=O)C(C)(C)N1C(=O)C=CC1=O)C(=O)N[C@@H](CCCNC(N)=O)C(=O)Nc1ccc(COC(=O)N2C[C@@H](CN(C(=O)[C@H](C)O)[C@@H](c3nc(-c4cc(F)ccc4F)cn3Cc3cccc(F)c3)C(C)(C)C)[C@@H](F)C2)cc1. The first-order chi connectivity index (χ1) is 37.5. The average molecular weight is 1120 g/mol. The monoisotopic (exact) mass is 1120 g/mol. The van der Waals surface area contributed by atoms with E-state index in [1.165, 1.54) is 62.2 Å². The molecule has 80 heavy (non-hydrogen) atoms. The molecule has 2 aliphatic heterocycles. The number of primary amides is 1. The van der Waals surface area contributed by atoms with Gasteiger partial charge in [-0.05, 0) is 98.5 Å². The maximum Gasteiger partial charge on any atom is 0.410 e. The Bertz CT molecular complexity index is 2980. The van der Waals surface area contributed by atoms with Crippen molar-refractivity contribution in [1.29, 1.82) is 0 Å². The van der Waals surface area contributed by atoms with Gasteiger partial charge in [-0.15, -0.1) is 0 Å². The van der Waals surface area contributed by atoms with Crippen molar-refractivity contribution < 1.29 is 65.8 Å². The van der Waals surface area contributed by atoms with E-state index >= 15 is 8.78 Å². The highest BCUT2D eigenvalue weighted by Crippen LogP contribution is 2.41. The number of halogens is 4. The minimum Gasteiger partial charge on any atom is -0.445 e. The van der Waals surface area contributed by atoms with Crippen LogP contribution in [0, 0.1) is 34.7 Å². The molecule has 0 radical (unpaired) electrons. The first-order valence-electron chi connectivity index (χ1n) is 26.0. The van der Waals surface area contributed by atoms with Crippen LogP contribution in [0.3, 0.4) is 0 Å². The smallest absolute Gasteiger partial charge is 0.410 e. The van der Waals surface area contributed by atoms with Gasteiger partial charge in [-0.2, -0.15) is 0 Å². The summed E-state index contributed by atoms with van der Waals surface area (Å²) in [6, 6.07) is 10.4.